The fourth-order valence-corrected chi connectivity index (χ4v) is 9.98. The number of piperidine rings is 1. The van der Waals surface area contributed by atoms with Crippen LogP contribution in [0.15, 0.2) is 66.3 Å². The van der Waals surface area contributed by atoms with Crippen molar-refractivity contribution >= 4 is 39.6 Å². The number of rotatable bonds is 15. The zero-order chi connectivity index (χ0) is 41.6. The Morgan fingerprint density at radius 2 is 1.61 bits per heavy atom. The van der Waals surface area contributed by atoms with Crippen LogP contribution in [0.4, 0.5) is 4.79 Å². The minimum absolute atomic E-state index is 0.0329. The minimum Gasteiger partial charge on any atom is -0.346 e. The van der Waals surface area contributed by atoms with Gasteiger partial charge in [-0.25, -0.2) is 18.2 Å². The summed E-state index contributed by atoms with van der Waals surface area (Å²) in [6.45, 7) is 13.8. The van der Waals surface area contributed by atoms with E-state index in [2.05, 4.69) is 41.4 Å². The molecule has 1 unspecified atom stereocenters. The van der Waals surface area contributed by atoms with E-state index in [1.54, 1.807) is 24.1 Å². The van der Waals surface area contributed by atoms with Gasteiger partial charge in [0.25, 0.3) is 15.9 Å². The Kier molecular flexibility index (Phi) is 11.8. The van der Waals surface area contributed by atoms with Gasteiger partial charge in [0.15, 0.2) is 5.03 Å². The van der Waals surface area contributed by atoms with Crippen LogP contribution in [0.25, 0.3) is 0 Å². The molecule has 3 fully saturated rings. The molecule has 2 heterocycles. The number of pyridine rings is 1. The molecule has 15 heteroatoms. The van der Waals surface area contributed by atoms with Gasteiger partial charge in [-0.2, -0.15) is 4.31 Å². The van der Waals surface area contributed by atoms with Crippen LogP contribution in [-0.2, 0) is 42.0 Å². The van der Waals surface area contributed by atoms with Crippen molar-refractivity contribution < 1.29 is 32.4 Å². The maximum atomic E-state index is 15.2. The maximum absolute atomic E-state index is 15.2. The van der Waals surface area contributed by atoms with Gasteiger partial charge in [0.1, 0.15) is 18.1 Å². The number of sulfonamides is 1. The Balaban J connectivity index is 1.27. The molecule has 2 saturated carbocycles. The third-order valence-electron chi connectivity index (χ3n) is 12.7. The van der Waals surface area contributed by atoms with Crippen molar-refractivity contribution in [3.05, 3.63) is 72.4 Å². The topological polar surface area (TPSA) is 178 Å². The number of ketones is 1. The highest BCUT2D eigenvalue weighted by atomic mass is 32.2. The second-order valence-electron chi connectivity index (χ2n) is 17.9. The van der Waals surface area contributed by atoms with E-state index in [1.165, 1.54) is 34.6 Å². The van der Waals surface area contributed by atoms with Gasteiger partial charge in [0.2, 0.25) is 17.6 Å². The molecule has 0 bridgehead atoms. The molecule has 5 amide bonds. The van der Waals surface area contributed by atoms with Gasteiger partial charge >= 0.3 is 6.03 Å². The number of urea groups is 1. The summed E-state index contributed by atoms with van der Waals surface area (Å²) in [7, 11) is -0.950. The second-order valence-corrected chi connectivity index (χ2v) is 19.9. The smallest absolute Gasteiger partial charge is 0.318 e. The molecule has 1 aromatic carbocycles. The summed E-state index contributed by atoms with van der Waals surface area (Å²) < 4.78 is 28.0. The Hall–Kier alpha value is -4.63. The number of nitrogens with one attached hydrogen (secondary N) is 3. The highest BCUT2D eigenvalue weighted by molar-refractivity contribution is 7.89. The van der Waals surface area contributed by atoms with Crippen LogP contribution in [0, 0.1) is 34.5 Å². The molecule has 57 heavy (non-hydrogen) atoms. The van der Waals surface area contributed by atoms with Crippen LogP contribution >= 0.6 is 0 Å². The third-order valence-corrected chi connectivity index (χ3v) is 14.4. The van der Waals surface area contributed by atoms with Crippen molar-refractivity contribution in [1.29, 1.82) is 0 Å². The molecule has 2 aromatic rings. The lowest BCUT2D eigenvalue weighted by molar-refractivity contribution is -0.146. The highest BCUT2D eigenvalue weighted by Crippen LogP contribution is 2.65. The van der Waals surface area contributed by atoms with E-state index < -0.39 is 63.2 Å². The normalized spacial score (nSPS) is 22.7. The summed E-state index contributed by atoms with van der Waals surface area (Å²) in [6.07, 6.45) is 5.35. The number of hydrogen-bond donors (Lipinski definition) is 3. The number of aromatic nitrogens is 1. The van der Waals surface area contributed by atoms with Gasteiger partial charge in [-0.3, -0.25) is 19.2 Å². The van der Waals surface area contributed by atoms with E-state index in [-0.39, 0.29) is 53.1 Å². The summed E-state index contributed by atoms with van der Waals surface area (Å²) in [4.78, 5) is 77.0. The lowest BCUT2D eigenvalue weighted by Crippen LogP contribution is -2.62. The van der Waals surface area contributed by atoms with Crippen molar-refractivity contribution in [3.8, 4) is 0 Å². The van der Waals surface area contributed by atoms with Crippen molar-refractivity contribution in [3.63, 3.8) is 0 Å². The predicted molar refractivity (Wildman–Crippen MR) is 214 cm³/mol. The summed E-state index contributed by atoms with van der Waals surface area (Å²) in [5.41, 5.74) is 1.34. The summed E-state index contributed by atoms with van der Waals surface area (Å²) >= 11 is 0. The van der Waals surface area contributed by atoms with Crippen molar-refractivity contribution in [1.82, 2.24) is 35.0 Å². The second kappa shape index (κ2) is 16.0. The molecule has 3 aliphatic carbocycles. The van der Waals surface area contributed by atoms with Gasteiger partial charge in [0, 0.05) is 46.0 Å². The molecule has 1 aromatic heterocycles. The average Bonchev–Trinajstić information content (AvgIpc) is 3.96. The number of benzene rings is 1. The molecule has 6 atom stereocenters. The van der Waals surface area contributed by atoms with Gasteiger partial charge in [0.05, 0.1) is 0 Å². The van der Waals surface area contributed by atoms with E-state index in [1.807, 2.05) is 45.0 Å². The number of likely N-dealkylation sites (tertiary alicyclic amines) is 1. The first-order chi connectivity index (χ1) is 26.8. The van der Waals surface area contributed by atoms with Crippen LogP contribution in [0.3, 0.4) is 0 Å². The van der Waals surface area contributed by atoms with Crippen molar-refractivity contribution in [2.24, 2.45) is 34.5 Å². The number of carbonyl (C=O) groups excluding carboxylic acids is 5. The van der Waals surface area contributed by atoms with Crippen molar-refractivity contribution in [2.75, 3.05) is 33.7 Å². The number of fused-ring (bicyclic) bond motifs is 2. The molecule has 4 aliphatic rings. The quantitative estimate of drug-likeness (QED) is 0.182. The first kappa shape index (κ1) is 42.0. The van der Waals surface area contributed by atoms with Gasteiger partial charge in [-0.15, -0.1) is 6.58 Å². The van der Waals surface area contributed by atoms with Gasteiger partial charge in [-0.05, 0) is 83.4 Å². The summed E-state index contributed by atoms with van der Waals surface area (Å²) in [5, 5.41) is 8.37. The van der Waals surface area contributed by atoms with Crippen molar-refractivity contribution in [2.45, 2.75) is 89.5 Å². The van der Waals surface area contributed by atoms with Gasteiger partial charge < -0.3 is 25.8 Å². The number of amides is 5. The lowest BCUT2D eigenvalue weighted by atomic mass is 9.86. The number of nitrogens with zero attached hydrogens (tertiary/aromatic N) is 4. The molecule has 1 aliphatic heterocycles. The number of likely N-dealkylation sites (N-methyl/N-ethyl adjacent to an activating group) is 2. The van der Waals surface area contributed by atoms with E-state index in [0.717, 1.165) is 11.1 Å². The van der Waals surface area contributed by atoms with Crippen LogP contribution in [0.1, 0.15) is 58.6 Å². The average molecular weight is 804 g/mol. The number of hydrogen-bond acceptors (Lipinski definition) is 8. The van der Waals surface area contributed by atoms with Crippen LogP contribution in [-0.4, -0.2) is 115 Å². The zero-order valence-electron chi connectivity index (χ0n) is 34.0. The number of carbonyl (C=O) groups is 5. The summed E-state index contributed by atoms with van der Waals surface area (Å²) in [6, 6.07) is 8.47. The van der Waals surface area contributed by atoms with Gasteiger partial charge in [-0.1, -0.05) is 71.0 Å². The molecular weight excluding hydrogens is 747 g/mol. The molecule has 3 N–H and O–H groups in total. The van der Waals surface area contributed by atoms with E-state index >= 15 is 4.79 Å². The first-order valence-electron chi connectivity index (χ1n) is 19.8. The van der Waals surface area contributed by atoms with E-state index in [0.29, 0.717) is 32.2 Å². The lowest BCUT2D eigenvalue weighted by Gasteiger charge is -2.40. The Labute approximate surface area is 336 Å². The molecule has 1 saturated heterocycles. The zero-order valence-corrected chi connectivity index (χ0v) is 34.8. The third kappa shape index (κ3) is 8.50. The Bertz CT molecular complexity index is 1990. The Morgan fingerprint density at radius 1 is 0.982 bits per heavy atom. The fraction of sp³-hybridized carbons (Fsp3) is 0.571. The Morgan fingerprint density at radius 3 is 2.18 bits per heavy atom. The largest absolute Gasteiger partial charge is 0.346 e. The fourth-order valence-electron chi connectivity index (χ4n) is 8.87. The maximum Gasteiger partial charge on any atom is 0.318 e. The van der Waals surface area contributed by atoms with Crippen LogP contribution in [0.2, 0.25) is 0 Å². The number of Topliss-reactive ketones (excluding diaryl/α,β-unsaturated/α-hetero) is 1. The minimum atomic E-state index is -3.97. The van der Waals surface area contributed by atoms with E-state index in [4.69, 9.17) is 0 Å². The monoisotopic (exact) mass is 803 g/mol. The summed E-state index contributed by atoms with van der Waals surface area (Å²) in [5.74, 6) is -2.98. The van der Waals surface area contributed by atoms with E-state index in [9.17, 15) is 27.6 Å². The van der Waals surface area contributed by atoms with Crippen LogP contribution in [0.5, 0.6) is 0 Å². The standard InChI is InChI=1S/C42H57N7O7S/c1-9-19-44-38(52)36(50)33(25-17-18-25)46-37(51)35-32-29(42(32,5)6)23-49(35)39(53)34(28-21-26-14-10-11-15-27(26)22-28)48(8)40(54)45-30(41(2,3)4)24-47(7)57(55,56)31-16-12-13-20-43-31/h9-16,20,25,28-30,32-35H,1,17-19,21-24H2,2-8H3,(H,44,52)(H,45,54)(H,46,51)/t29-,30+,32-,33?,34-,35-/m0/s1. The molecule has 6 rings (SSSR count). The highest BCUT2D eigenvalue weighted by Gasteiger charge is 2.70. The molecule has 14 nitrogen and oxygen atoms in total. The SMILES string of the molecule is C=CCNC(=O)C(=O)C(NC(=O)[C@@H]1[C@@H]2[C@H](CN1C(=O)[C@H](C1Cc3ccccc3C1)N(C)C(=O)N[C@H](CN(C)S(=O)(=O)c1ccccn1)C(C)(C)C)C2(C)C)C1CC1. The molecule has 308 valence electrons. The molecular formula is C42H57N7O7S. The predicted octanol–water partition coefficient (Wildman–Crippen LogP) is 2.79. The van der Waals surface area contributed by atoms with Crippen LogP contribution < -0.4 is 16.0 Å². The first-order valence-corrected chi connectivity index (χ1v) is 21.2. The molecule has 0 spiro atoms. The molecule has 0 radical (unpaired) electrons.